The first kappa shape index (κ1) is 17.0. The lowest BCUT2D eigenvalue weighted by molar-refractivity contribution is 1.06. The number of anilines is 1. The Bertz CT molecular complexity index is 1040. The zero-order valence-electron chi connectivity index (χ0n) is 15.8. The number of hydrogen-bond donors (Lipinski definition) is 0. The molecule has 0 amide bonds. The minimum Gasteiger partial charge on any atom is -0.378 e. The van der Waals surface area contributed by atoms with Gasteiger partial charge < -0.3 is 4.90 Å². The second-order valence-corrected chi connectivity index (χ2v) is 9.55. The second-order valence-electron chi connectivity index (χ2n) is 7.55. The molecule has 0 fully saturated rings. The molecule has 2 heterocycles. The highest BCUT2D eigenvalue weighted by molar-refractivity contribution is 7.14. The lowest BCUT2D eigenvalue weighted by Gasteiger charge is -2.11. The third kappa shape index (κ3) is 3.09. The largest absolute Gasteiger partial charge is 0.378 e. The van der Waals surface area contributed by atoms with Gasteiger partial charge in [-0.25, -0.2) is 0 Å². The second kappa shape index (κ2) is 6.81. The first-order valence-corrected chi connectivity index (χ1v) is 11.3. The van der Waals surface area contributed by atoms with E-state index < -0.39 is 0 Å². The molecule has 3 heteroatoms. The minimum absolute atomic E-state index is 1.21. The molecule has 0 radical (unpaired) electrons. The number of hydrogen-bond acceptors (Lipinski definition) is 3. The predicted molar refractivity (Wildman–Crippen MR) is 122 cm³/mol. The van der Waals surface area contributed by atoms with E-state index in [1.54, 1.807) is 32.0 Å². The van der Waals surface area contributed by atoms with E-state index in [1.807, 2.05) is 22.7 Å². The first-order valence-electron chi connectivity index (χ1n) is 9.56. The van der Waals surface area contributed by atoms with Crippen LogP contribution in [0.1, 0.15) is 44.2 Å². The lowest BCUT2D eigenvalue weighted by Crippen LogP contribution is -2.07. The summed E-state index contributed by atoms with van der Waals surface area (Å²) in [6.07, 6.45) is 9.41. The summed E-state index contributed by atoms with van der Waals surface area (Å²) in [5.41, 5.74) is 8.88. The fourth-order valence-electron chi connectivity index (χ4n) is 4.15. The molecule has 1 nitrogen and oxygen atoms in total. The number of thiophene rings is 2. The van der Waals surface area contributed by atoms with E-state index in [-0.39, 0.29) is 0 Å². The highest BCUT2D eigenvalue weighted by Crippen LogP contribution is 2.48. The Morgan fingerprint density at radius 2 is 1.56 bits per heavy atom. The zero-order valence-corrected chi connectivity index (χ0v) is 17.4. The minimum atomic E-state index is 1.21. The fraction of sp³-hybridized carbons (Fsp3) is 0.250. The van der Waals surface area contributed by atoms with Crippen molar-refractivity contribution in [1.82, 2.24) is 0 Å². The predicted octanol–water partition coefficient (Wildman–Crippen LogP) is 6.85. The van der Waals surface area contributed by atoms with Crippen LogP contribution in [-0.4, -0.2) is 14.1 Å². The molecule has 2 aliphatic rings. The molecule has 5 rings (SSSR count). The van der Waals surface area contributed by atoms with E-state index in [9.17, 15) is 0 Å². The lowest BCUT2D eigenvalue weighted by atomic mass is 10.1. The number of rotatable bonds is 3. The third-order valence-corrected chi connectivity index (χ3v) is 7.84. The summed E-state index contributed by atoms with van der Waals surface area (Å²) in [5, 5.41) is 2.25. The Labute approximate surface area is 169 Å². The molecule has 27 heavy (non-hydrogen) atoms. The SMILES string of the molecule is CN(C)c1ccc(/C=C/c2cc3c(s2)/C(=C2\CCc4ccsc42)CC3)cc1. The van der Waals surface area contributed by atoms with Crippen LogP contribution in [0.3, 0.4) is 0 Å². The Kier molecular flexibility index (Phi) is 4.30. The molecule has 0 atom stereocenters. The zero-order chi connectivity index (χ0) is 18.4. The van der Waals surface area contributed by atoms with Crippen LogP contribution in [-0.2, 0) is 12.8 Å². The normalized spacial score (nSPS) is 18.3. The molecule has 0 spiro atoms. The monoisotopic (exact) mass is 389 g/mol. The quantitative estimate of drug-likeness (QED) is 0.473. The Balaban J connectivity index is 1.42. The van der Waals surface area contributed by atoms with Crippen LogP contribution < -0.4 is 4.90 Å². The highest BCUT2D eigenvalue weighted by atomic mass is 32.1. The van der Waals surface area contributed by atoms with Gasteiger partial charge in [0.1, 0.15) is 0 Å². The van der Waals surface area contributed by atoms with Crippen LogP contribution in [0.4, 0.5) is 5.69 Å². The number of allylic oxidation sites excluding steroid dienone is 2. The molecule has 0 bridgehead atoms. The van der Waals surface area contributed by atoms with Crippen molar-refractivity contribution in [2.45, 2.75) is 25.7 Å². The van der Waals surface area contributed by atoms with Gasteiger partial charge in [-0.1, -0.05) is 18.2 Å². The van der Waals surface area contributed by atoms with E-state index in [2.05, 4.69) is 72.9 Å². The summed E-state index contributed by atoms with van der Waals surface area (Å²) in [7, 11) is 4.15. The molecule has 136 valence electrons. The van der Waals surface area contributed by atoms with E-state index in [4.69, 9.17) is 0 Å². The summed E-state index contributed by atoms with van der Waals surface area (Å²) < 4.78 is 0. The maximum Gasteiger partial charge on any atom is 0.0361 e. The van der Waals surface area contributed by atoms with E-state index in [1.165, 1.54) is 41.8 Å². The molecule has 1 aromatic carbocycles. The first-order chi connectivity index (χ1) is 13.2. The number of aryl methyl sites for hydroxylation is 2. The molecule has 2 aromatic heterocycles. The Morgan fingerprint density at radius 3 is 2.33 bits per heavy atom. The molecular formula is C24H23NS2. The molecule has 0 N–H and O–H groups in total. The topological polar surface area (TPSA) is 3.24 Å². The molecule has 0 saturated carbocycles. The number of nitrogens with zero attached hydrogens (tertiary/aromatic N) is 1. The van der Waals surface area contributed by atoms with Gasteiger partial charge in [-0.15, -0.1) is 22.7 Å². The van der Waals surface area contributed by atoms with Crippen LogP contribution in [0, 0.1) is 0 Å². The summed E-state index contributed by atoms with van der Waals surface area (Å²) in [6, 6.07) is 13.5. The molecule has 2 aliphatic carbocycles. The number of benzene rings is 1. The summed E-state index contributed by atoms with van der Waals surface area (Å²) >= 11 is 3.90. The van der Waals surface area contributed by atoms with Crippen molar-refractivity contribution in [2.24, 2.45) is 0 Å². The van der Waals surface area contributed by atoms with Crippen molar-refractivity contribution in [2.75, 3.05) is 19.0 Å². The van der Waals surface area contributed by atoms with E-state index in [0.717, 1.165) is 0 Å². The highest BCUT2D eigenvalue weighted by Gasteiger charge is 2.27. The van der Waals surface area contributed by atoms with Crippen molar-refractivity contribution >= 4 is 51.7 Å². The van der Waals surface area contributed by atoms with Crippen LogP contribution in [0.15, 0.2) is 41.8 Å². The van der Waals surface area contributed by atoms with Crippen molar-refractivity contribution in [3.05, 3.63) is 73.1 Å². The van der Waals surface area contributed by atoms with Crippen molar-refractivity contribution in [3.8, 4) is 0 Å². The van der Waals surface area contributed by atoms with Gasteiger partial charge in [0.15, 0.2) is 0 Å². The van der Waals surface area contributed by atoms with Crippen molar-refractivity contribution in [1.29, 1.82) is 0 Å². The van der Waals surface area contributed by atoms with Gasteiger partial charge in [0, 0.05) is 34.4 Å². The van der Waals surface area contributed by atoms with Crippen LogP contribution in [0.5, 0.6) is 0 Å². The van der Waals surface area contributed by atoms with Gasteiger partial charge in [0.2, 0.25) is 0 Å². The smallest absolute Gasteiger partial charge is 0.0361 e. The molecule has 0 unspecified atom stereocenters. The van der Waals surface area contributed by atoms with Gasteiger partial charge in [-0.3, -0.25) is 0 Å². The molecule has 3 aromatic rings. The summed E-state index contributed by atoms with van der Waals surface area (Å²) in [5.74, 6) is 0. The summed E-state index contributed by atoms with van der Waals surface area (Å²) in [6.45, 7) is 0. The van der Waals surface area contributed by atoms with Crippen LogP contribution >= 0.6 is 22.7 Å². The molecular weight excluding hydrogens is 366 g/mol. The van der Waals surface area contributed by atoms with Crippen molar-refractivity contribution < 1.29 is 0 Å². The van der Waals surface area contributed by atoms with Gasteiger partial charge in [-0.05, 0) is 89.2 Å². The van der Waals surface area contributed by atoms with Gasteiger partial charge in [-0.2, -0.15) is 0 Å². The van der Waals surface area contributed by atoms with Gasteiger partial charge >= 0.3 is 0 Å². The van der Waals surface area contributed by atoms with Crippen LogP contribution in [0.2, 0.25) is 0 Å². The molecule has 0 aliphatic heterocycles. The third-order valence-electron chi connectivity index (χ3n) is 5.63. The Hall–Kier alpha value is -2.10. The number of fused-ring (bicyclic) bond motifs is 2. The van der Waals surface area contributed by atoms with E-state index in [0.29, 0.717) is 0 Å². The van der Waals surface area contributed by atoms with Crippen LogP contribution in [0.25, 0.3) is 23.3 Å². The standard InChI is InChI=1S/C24H23NS2/c1-25(2)19-8-3-16(4-9-19)5-10-20-15-18-7-12-22(24(18)27-20)21-11-6-17-13-14-26-23(17)21/h3-5,8-10,13-15H,6-7,11-12H2,1-2H3/b10-5+,22-21+. The fourth-order valence-corrected chi connectivity index (χ4v) is 6.43. The van der Waals surface area contributed by atoms with Gasteiger partial charge in [0.25, 0.3) is 0 Å². The van der Waals surface area contributed by atoms with Gasteiger partial charge in [0.05, 0.1) is 0 Å². The maximum absolute atomic E-state index is 2.41. The van der Waals surface area contributed by atoms with E-state index >= 15 is 0 Å². The average molecular weight is 390 g/mol. The Morgan fingerprint density at radius 1 is 0.815 bits per heavy atom. The summed E-state index contributed by atoms with van der Waals surface area (Å²) in [4.78, 5) is 6.62. The molecule has 0 saturated heterocycles. The maximum atomic E-state index is 2.41. The average Bonchev–Trinajstić information content (AvgIpc) is 3.41. The van der Waals surface area contributed by atoms with Crippen molar-refractivity contribution in [3.63, 3.8) is 0 Å².